The highest BCUT2D eigenvalue weighted by molar-refractivity contribution is 5.00. The molecule has 1 aliphatic heterocycles. The van der Waals surface area contributed by atoms with Crippen LogP contribution in [0.5, 0.6) is 0 Å². The predicted octanol–water partition coefficient (Wildman–Crippen LogP) is 0.893. The molecule has 0 radical (unpaired) electrons. The highest BCUT2D eigenvalue weighted by Crippen LogP contribution is 2.18. The van der Waals surface area contributed by atoms with Crippen molar-refractivity contribution in [1.29, 1.82) is 0 Å². The molecular weight excluding hydrogens is 192 g/mol. The van der Waals surface area contributed by atoms with E-state index in [0.29, 0.717) is 6.42 Å². The second-order valence-electron chi connectivity index (χ2n) is 4.21. The molecule has 0 aliphatic carbocycles. The van der Waals surface area contributed by atoms with E-state index in [4.69, 9.17) is 4.74 Å². The van der Waals surface area contributed by atoms with Gasteiger partial charge in [0.15, 0.2) is 0 Å². The zero-order valence-corrected chi connectivity index (χ0v) is 9.09. The van der Waals surface area contributed by atoms with Crippen LogP contribution in [0, 0.1) is 0 Å². The van der Waals surface area contributed by atoms with Gasteiger partial charge in [-0.25, -0.2) is 0 Å². The van der Waals surface area contributed by atoms with Crippen LogP contribution in [0.4, 0.5) is 0 Å². The standard InChI is InChI=1S/C11H18N2O2/c1-13-5-4-9(12-13)7-10(14)8-11-3-2-6-15-11/h4-5,10-11,14H,2-3,6-8H2,1H3. The minimum absolute atomic E-state index is 0.253. The molecule has 2 rings (SSSR count). The first-order chi connectivity index (χ1) is 7.24. The molecule has 15 heavy (non-hydrogen) atoms. The first-order valence-electron chi connectivity index (χ1n) is 5.52. The fourth-order valence-electron chi connectivity index (χ4n) is 2.03. The summed E-state index contributed by atoms with van der Waals surface area (Å²) in [6.07, 6.45) is 5.39. The van der Waals surface area contributed by atoms with E-state index < -0.39 is 0 Å². The van der Waals surface area contributed by atoms with Crippen LogP contribution in [-0.2, 0) is 18.2 Å². The van der Waals surface area contributed by atoms with Crippen LogP contribution < -0.4 is 0 Å². The summed E-state index contributed by atoms with van der Waals surface area (Å²) in [6, 6.07) is 1.94. The van der Waals surface area contributed by atoms with Crippen molar-refractivity contribution in [1.82, 2.24) is 9.78 Å². The van der Waals surface area contributed by atoms with Gasteiger partial charge in [0.05, 0.1) is 17.9 Å². The van der Waals surface area contributed by atoms with Crippen molar-refractivity contribution in [3.8, 4) is 0 Å². The molecule has 84 valence electrons. The molecule has 1 aromatic rings. The van der Waals surface area contributed by atoms with E-state index in [9.17, 15) is 5.11 Å². The predicted molar refractivity (Wildman–Crippen MR) is 56.5 cm³/mol. The zero-order valence-electron chi connectivity index (χ0n) is 9.09. The molecule has 1 aromatic heterocycles. The maximum absolute atomic E-state index is 9.84. The maximum Gasteiger partial charge on any atom is 0.0650 e. The van der Waals surface area contributed by atoms with Gasteiger partial charge in [-0.2, -0.15) is 5.10 Å². The molecule has 0 amide bonds. The molecule has 1 saturated heterocycles. The minimum atomic E-state index is -0.331. The first kappa shape index (κ1) is 10.6. The van der Waals surface area contributed by atoms with Crippen LogP contribution in [0.1, 0.15) is 25.0 Å². The van der Waals surface area contributed by atoms with Crippen LogP contribution in [0.15, 0.2) is 12.3 Å². The molecule has 0 aromatic carbocycles. The van der Waals surface area contributed by atoms with Gasteiger partial charge in [0.1, 0.15) is 0 Å². The number of aromatic nitrogens is 2. The first-order valence-corrected chi connectivity index (χ1v) is 5.52. The third kappa shape index (κ3) is 3.04. The third-order valence-electron chi connectivity index (χ3n) is 2.77. The Bertz CT molecular complexity index is 305. The Kier molecular flexibility index (Phi) is 3.38. The Morgan fingerprint density at radius 3 is 3.20 bits per heavy atom. The summed E-state index contributed by atoms with van der Waals surface area (Å²) in [7, 11) is 1.88. The molecule has 2 atom stereocenters. The lowest BCUT2D eigenvalue weighted by Gasteiger charge is -2.13. The summed E-state index contributed by atoms with van der Waals surface area (Å²) >= 11 is 0. The SMILES string of the molecule is Cn1ccc(CC(O)CC2CCCO2)n1. The average molecular weight is 210 g/mol. The summed E-state index contributed by atoms with van der Waals surface area (Å²) < 4.78 is 7.24. The normalized spacial score (nSPS) is 23.2. The molecule has 1 fully saturated rings. The van der Waals surface area contributed by atoms with Gasteiger partial charge >= 0.3 is 0 Å². The number of nitrogens with zero attached hydrogens (tertiary/aromatic N) is 2. The Morgan fingerprint density at radius 1 is 1.73 bits per heavy atom. The number of aliphatic hydroxyl groups is 1. The van der Waals surface area contributed by atoms with Crippen molar-refractivity contribution in [3.05, 3.63) is 18.0 Å². The molecule has 0 spiro atoms. The molecular formula is C11H18N2O2. The van der Waals surface area contributed by atoms with Gasteiger partial charge in [-0.3, -0.25) is 4.68 Å². The van der Waals surface area contributed by atoms with E-state index in [1.54, 1.807) is 4.68 Å². The van der Waals surface area contributed by atoms with E-state index in [1.807, 2.05) is 19.3 Å². The quantitative estimate of drug-likeness (QED) is 0.803. The summed E-state index contributed by atoms with van der Waals surface area (Å²) in [4.78, 5) is 0. The second-order valence-corrected chi connectivity index (χ2v) is 4.21. The average Bonchev–Trinajstić information content (AvgIpc) is 2.77. The van der Waals surface area contributed by atoms with Gasteiger partial charge in [-0.05, 0) is 25.3 Å². The molecule has 4 nitrogen and oxygen atoms in total. The number of hydrogen-bond acceptors (Lipinski definition) is 3. The Hall–Kier alpha value is -0.870. The van der Waals surface area contributed by atoms with Crippen LogP contribution in [0.25, 0.3) is 0 Å². The largest absolute Gasteiger partial charge is 0.393 e. The van der Waals surface area contributed by atoms with Crippen molar-refractivity contribution in [2.45, 2.75) is 37.9 Å². The summed E-state index contributed by atoms with van der Waals surface area (Å²) in [6.45, 7) is 0.848. The van der Waals surface area contributed by atoms with Gasteiger partial charge in [-0.15, -0.1) is 0 Å². The van der Waals surface area contributed by atoms with E-state index in [1.165, 1.54) is 0 Å². The van der Waals surface area contributed by atoms with Crippen LogP contribution in [0.2, 0.25) is 0 Å². The van der Waals surface area contributed by atoms with Crippen LogP contribution >= 0.6 is 0 Å². The number of ether oxygens (including phenoxy) is 1. The Balaban J connectivity index is 1.78. The van der Waals surface area contributed by atoms with E-state index in [0.717, 1.165) is 31.6 Å². The van der Waals surface area contributed by atoms with Crippen molar-refractivity contribution < 1.29 is 9.84 Å². The highest BCUT2D eigenvalue weighted by Gasteiger charge is 2.19. The van der Waals surface area contributed by atoms with Gasteiger partial charge in [-0.1, -0.05) is 0 Å². The maximum atomic E-state index is 9.84. The summed E-state index contributed by atoms with van der Waals surface area (Å²) in [5, 5.41) is 14.1. The molecule has 2 unspecified atom stereocenters. The molecule has 4 heteroatoms. The van der Waals surface area contributed by atoms with Crippen molar-refractivity contribution >= 4 is 0 Å². The fourth-order valence-corrected chi connectivity index (χ4v) is 2.03. The van der Waals surface area contributed by atoms with Crippen LogP contribution in [0.3, 0.4) is 0 Å². The molecule has 2 heterocycles. The third-order valence-corrected chi connectivity index (χ3v) is 2.77. The van der Waals surface area contributed by atoms with Gasteiger partial charge in [0.2, 0.25) is 0 Å². The second kappa shape index (κ2) is 4.77. The van der Waals surface area contributed by atoms with E-state index >= 15 is 0 Å². The summed E-state index contributed by atoms with van der Waals surface area (Å²) in [5.41, 5.74) is 0.947. The lowest BCUT2D eigenvalue weighted by molar-refractivity contribution is 0.0537. The smallest absolute Gasteiger partial charge is 0.0650 e. The monoisotopic (exact) mass is 210 g/mol. The van der Waals surface area contributed by atoms with Crippen molar-refractivity contribution in [2.24, 2.45) is 7.05 Å². The minimum Gasteiger partial charge on any atom is -0.393 e. The van der Waals surface area contributed by atoms with E-state index in [2.05, 4.69) is 5.10 Å². The molecule has 0 bridgehead atoms. The van der Waals surface area contributed by atoms with Gasteiger partial charge < -0.3 is 9.84 Å². The lowest BCUT2D eigenvalue weighted by Crippen LogP contribution is -2.19. The number of rotatable bonds is 4. The highest BCUT2D eigenvalue weighted by atomic mass is 16.5. The summed E-state index contributed by atoms with van der Waals surface area (Å²) in [5.74, 6) is 0. The van der Waals surface area contributed by atoms with Crippen LogP contribution in [-0.4, -0.2) is 33.7 Å². The lowest BCUT2D eigenvalue weighted by atomic mass is 10.1. The van der Waals surface area contributed by atoms with Crippen molar-refractivity contribution in [2.75, 3.05) is 6.61 Å². The number of aliphatic hydroxyl groups excluding tert-OH is 1. The molecule has 1 aliphatic rings. The Labute approximate surface area is 89.9 Å². The molecule has 1 N–H and O–H groups in total. The van der Waals surface area contributed by atoms with E-state index in [-0.39, 0.29) is 12.2 Å². The number of hydrogen-bond donors (Lipinski definition) is 1. The van der Waals surface area contributed by atoms with Gasteiger partial charge in [0, 0.05) is 26.3 Å². The fraction of sp³-hybridized carbons (Fsp3) is 0.727. The molecule has 0 saturated carbocycles. The zero-order chi connectivity index (χ0) is 10.7. The van der Waals surface area contributed by atoms with Gasteiger partial charge in [0.25, 0.3) is 0 Å². The topological polar surface area (TPSA) is 47.3 Å². The Morgan fingerprint density at radius 2 is 2.60 bits per heavy atom. The van der Waals surface area contributed by atoms with Crippen molar-refractivity contribution in [3.63, 3.8) is 0 Å². The number of aryl methyl sites for hydroxylation is 1.